The summed E-state index contributed by atoms with van der Waals surface area (Å²) in [6.07, 6.45) is 1.58. The highest BCUT2D eigenvalue weighted by atomic mass is 35.5. The van der Waals surface area contributed by atoms with E-state index in [0.717, 1.165) is 40.9 Å². The highest BCUT2D eigenvalue weighted by Gasteiger charge is 2.19. The number of hydrogen-bond donors (Lipinski definition) is 1. The maximum Gasteiger partial charge on any atom is 0.268 e. The summed E-state index contributed by atoms with van der Waals surface area (Å²) in [6, 6.07) is 11.4. The van der Waals surface area contributed by atoms with Crippen molar-refractivity contribution in [3.8, 4) is 11.8 Å². The monoisotopic (exact) mass is 468 g/mol. The van der Waals surface area contributed by atoms with Gasteiger partial charge < -0.3 is 14.2 Å². The molecule has 1 aromatic carbocycles. The lowest BCUT2D eigenvalue weighted by molar-refractivity contribution is -0.112. The molecule has 4 rings (SSSR count). The number of carbonyl (C=O) groups is 1. The molecule has 3 aromatic rings. The number of halogens is 1. The third kappa shape index (κ3) is 4.53. The largest absolute Gasteiger partial charge is 0.378 e. The Morgan fingerprint density at radius 3 is 2.75 bits per heavy atom. The molecule has 10 heteroatoms. The summed E-state index contributed by atoms with van der Waals surface area (Å²) in [4.78, 5) is 14.8. The Morgan fingerprint density at radius 1 is 1.28 bits per heavy atom. The van der Waals surface area contributed by atoms with Crippen molar-refractivity contribution in [2.24, 2.45) is 0 Å². The van der Waals surface area contributed by atoms with Crippen LogP contribution in [0.1, 0.15) is 17.0 Å². The van der Waals surface area contributed by atoms with Gasteiger partial charge in [0, 0.05) is 24.5 Å². The van der Waals surface area contributed by atoms with E-state index in [9.17, 15) is 10.1 Å². The number of aromatic nitrogens is 3. The molecular weight excluding hydrogens is 448 g/mol. The van der Waals surface area contributed by atoms with Crippen molar-refractivity contribution in [2.75, 3.05) is 36.5 Å². The average Bonchev–Trinajstić information content (AvgIpc) is 3.37. The molecule has 1 aliphatic rings. The summed E-state index contributed by atoms with van der Waals surface area (Å²) in [5, 5.41) is 22.2. The number of benzene rings is 1. The van der Waals surface area contributed by atoms with Gasteiger partial charge in [-0.05, 0) is 43.7 Å². The molecule has 8 nitrogen and oxygen atoms in total. The summed E-state index contributed by atoms with van der Waals surface area (Å²) >= 11 is 7.64. The quantitative estimate of drug-likeness (QED) is 0.449. The van der Waals surface area contributed by atoms with E-state index in [1.165, 1.54) is 11.3 Å². The Morgan fingerprint density at radius 2 is 2.03 bits per heavy atom. The molecule has 32 heavy (non-hydrogen) atoms. The zero-order valence-electron chi connectivity index (χ0n) is 17.6. The van der Waals surface area contributed by atoms with Gasteiger partial charge in [0.05, 0.1) is 23.9 Å². The molecular formula is C22H21ClN6O2S. The first kappa shape index (κ1) is 22.0. The minimum absolute atomic E-state index is 0.0208. The normalized spacial score (nSPS) is 14.3. The molecule has 1 aliphatic heterocycles. The zero-order chi connectivity index (χ0) is 22.7. The maximum atomic E-state index is 12.7. The minimum atomic E-state index is -0.528. The van der Waals surface area contributed by atoms with Gasteiger partial charge in [-0.15, -0.1) is 10.2 Å². The van der Waals surface area contributed by atoms with Gasteiger partial charge in [-0.2, -0.15) is 5.26 Å². The summed E-state index contributed by atoms with van der Waals surface area (Å²) in [6.45, 7) is 6.60. The van der Waals surface area contributed by atoms with Crippen LogP contribution in [0.25, 0.3) is 11.8 Å². The van der Waals surface area contributed by atoms with Crippen LogP contribution in [0.5, 0.6) is 0 Å². The molecule has 0 unspecified atom stereocenters. The van der Waals surface area contributed by atoms with E-state index in [0.29, 0.717) is 23.4 Å². The van der Waals surface area contributed by atoms with Crippen LogP contribution in [0.4, 0.5) is 10.3 Å². The van der Waals surface area contributed by atoms with Gasteiger partial charge in [0.25, 0.3) is 5.91 Å². The molecule has 0 aliphatic carbocycles. The van der Waals surface area contributed by atoms with Gasteiger partial charge in [0.15, 0.2) is 0 Å². The number of anilines is 2. The van der Waals surface area contributed by atoms with Crippen LogP contribution in [0, 0.1) is 25.2 Å². The van der Waals surface area contributed by atoms with Crippen molar-refractivity contribution in [2.45, 2.75) is 13.8 Å². The smallest absolute Gasteiger partial charge is 0.268 e. The Hall–Kier alpha value is -3.19. The topological polar surface area (TPSA) is 96.1 Å². The first-order valence-electron chi connectivity index (χ1n) is 10.0. The van der Waals surface area contributed by atoms with E-state index in [2.05, 4.69) is 20.4 Å². The molecule has 1 amide bonds. The van der Waals surface area contributed by atoms with Crippen molar-refractivity contribution < 1.29 is 9.53 Å². The second-order valence-corrected chi connectivity index (χ2v) is 8.59. The number of rotatable bonds is 5. The van der Waals surface area contributed by atoms with E-state index in [1.807, 2.05) is 54.8 Å². The van der Waals surface area contributed by atoms with Crippen molar-refractivity contribution in [1.29, 1.82) is 5.26 Å². The second kappa shape index (κ2) is 9.53. The van der Waals surface area contributed by atoms with Crippen LogP contribution in [0.15, 0.2) is 35.9 Å². The Labute approximate surface area is 194 Å². The van der Waals surface area contributed by atoms with E-state index in [-0.39, 0.29) is 5.57 Å². The fraction of sp³-hybridized carbons (Fsp3) is 0.273. The number of nitriles is 1. The van der Waals surface area contributed by atoms with Gasteiger partial charge >= 0.3 is 0 Å². The van der Waals surface area contributed by atoms with Gasteiger partial charge in [0.1, 0.15) is 11.6 Å². The SMILES string of the molecule is Cc1cc(/C=C(/C#N)C(=O)Nc2nnc(N3CCOCC3)s2)c(C)n1-c1ccccc1Cl. The van der Waals surface area contributed by atoms with Crippen molar-refractivity contribution in [3.05, 3.63) is 57.9 Å². The molecule has 1 N–H and O–H groups in total. The lowest BCUT2D eigenvalue weighted by atomic mass is 10.1. The van der Waals surface area contributed by atoms with Crippen molar-refractivity contribution in [3.63, 3.8) is 0 Å². The minimum Gasteiger partial charge on any atom is -0.378 e. The van der Waals surface area contributed by atoms with Crippen molar-refractivity contribution in [1.82, 2.24) is 14.8 Å². The number of hydrogen-bond acceptors (Lipinski definition) is 7. The van der Waals surface area contributed by atoms with Crippen LogP contribution in [0.3, 0.4) is 0 Å². The summed E-state index contributed by atoms with van der Waals surface area (Å²) in [5.74, 6) is -0.528. The van der Waals surface area contributed by atoms with Crippen LogP contribution in [0.2, 0.25) is 5.02 Å². The number of carbonyl (C=O) groups excluding carboxylic acids is 1. The molecule has 0 radical (unpaired) electrons. The van der Waals surface area contributed by atoms with Gasteiger partial charge in [-0.1, -0.05) is 35.1 Å². The summed E-state index contributed by atoms with van der Waals surface area (Å²) < 4.78 is 7.34. The molecule has 2 aromatic heterocycles. The Balaban J connectivity index is 1.55. The van der Waals surface area contributed by atoms with Gasteiger partial charge in [-0.25, -0.2) is 0 Å². The fourth-order valence-corrected chi connectivity index (χ4v) is 4.57. The third-order valence-electron chi connectivity index (χ3n) is 5.14. The zero-order valence-corrected chi connectivity index (χ0v) is 19.2. The van der Waals surface area contributed by atoms with Gasteiger partial charge in [-0.3, -0.25) is 10.1 Å². The molecule has 1 saturated heterocycles. The number of para-hydroxylation sites is 1. The molecule has 0 spiro atoms. The Bertz CT molecular complexity index is 1220. The predicted molar refractivity (Wildman–Crippen MR) is 125 cm³/mol. The van der Waals surface area contributed by atoms with E-state index in [4.69, 9.17) is 16.3 Å². The lowest BCUT2D eigenvalue weighted by Gasteiger charge is -2.25. The number of nitrogens with zero attached hydrogens (tertiary/aromatic N) is 5. The standard InChI is InChI=1S/C22H21ClN6O2S/c1-14-11-16(15(2)29(14)19-6-4-3-5-18(19)23)12-17(13-24)20(30)25-21-26-27-22(32-21)28-7-9-31-10-8-28/h3-6,11-12H,7-10H2,1-2H3,(H,25,26,30)/b17-12-. The molecule has 0 saturated carbocycles. The van der Waals surface area contributed by atoms with Crippen LogP contribution in [-0.4, -0.2) is 47.0 Å². The van der Waals surface area contributed by atoms with Crippen LogP contribution in [-0.2, 0) is 9.53 Å². The molecule has 3 heterocycles. The first-order chi connectivity index (χ1) is 15.5. The molecule has 164 valence electrons. The summed E-state index contributed by atoms with van der Waals surface area (Å²) in [7, 11) is 0. The fourth-order valence-electron chi connectivity index (χ4n) is 3.55. The lowest BCUT2D eigenvalue weighted by Crippen LogP contribution is -2.36. The number of amides is 1. The number of ether oxygens (including phenoxy) is 1. The summed E-state index contributed by atoms with van der Waals surface area (Å²) in [5.41, 5.74) is 3.41. The molecule has 0 bridgehead atoms. The highest BCUT2D eigenvalue weighted by Crippen LogP contribution is 2.28. The van der Waals surface area contributed by atoms with E-state index in [1.54, 1.807) is 6.08 Å². The van der Waals surface area contributed by atoms with Gasteiger partial charge in [0.2, 0.25) is 10.3 Å². The highest BCUT2D eigenvalue weighted by molar-refractivity contribution is 7.19. The van der Waals surface area contributed by atoms with Crippen molar-refractivity contribution >= 4 is 45.2 Å². The number of nitrogens with one attached hydrogen (secondary N) is 1. The van der Waals surface area contributed by atoms with Crippen LogP contribution >= 0.6 is 22.9 Å². The van der Waals surface area contributed by atoms with Crippen LogP contribution < -0.4 is 10.2 Å². The average molecular weight is 469 g/mol. The second-order valence-electron chi connectivity index (χ2n) is 7.23. The number of aryl methyl sites for hydroxylation is 1. The van der Waals surface area contributed by atoms with E-state index < -0.39 is 5.91 Å². The van der Waals surface area contributed by atoms with E-state index >= 15 is 0 Å². The third-order valence-corrected chi connectivity index (χ3v) is 6.36. The maximum absolute atomic E-state index is 12.7. The molecule has 0 atom stereocenters. The number of morpholine rings is 1. The first-order valence-corrected chi connectivity index (χ1v) is 11.2. The molecule has 1 fully saturated rings. The Kier molecular flexibility index (Phi) is 6.55. The predicted octanol–water partition coefficient (Wildman–Crippen LogP) is 3.98.